The van der Waals surface area contributed by atoms with Crippen LogP contribution in [0.1, 0.15) is 27.9 Å². The van der Waals surface area contributed by atoms with Crippen LogP contribution in [-0.4, -0.2) is 34.7 Å². The summed E-state index contributed by atoms with van der Waals surface area (Å²) in [7, 11) is 0. The maximum atomic E-state index is 5.46. The molecule has 0 amide bonds. The van der Waals surface area contributed by atoms with E-state index in [4.69, 9.17) is 4.74 Å². The molecular formula is C11H24N4O. The number of hydrogen-bond acceptors (Lipinski definition) is 4. The minimum absolute atomic E-state index is 0. The lowest BCUT2D eigenvalue weighted by atomic mass is 10.2. The molecule has 1 heterocycles. The average molecular weight is 228 g/mol. The first-order valence-electron chi connectivity index (χ1n) is 5.89. The summed E-state index contributed by atoms with van der Waals surface area (Å²) in [5.74, 6) is 0.587. The second-order valence-corrected chi connectivity index (χ2v) is 4.23. The first kappa shape index (κ1) is 13.1. The minimum Gasteiger partial charge on any atom is -0.374 e. The largest absolute Gasteiger partial charge is 0.374 e. The Balaban J connectivity index is 0.00000256. The molecule has 0 saturated carbocycles. The first-order valence-corrected chi connectivity index (χ1v) is 5.89. The van der Waals surface area contributed by atoms with E-state index in [2.05, 4.69) is 36.4 Å². The maximum Gasteiger partial charge on any atom is 0.108 e. The molecular weight excluding hydrogens is 204 g/mol. The SMILES string of the molecule is CCNCCOCc1cn(CC(C)C)nn1.[HH]. The molecule has 0 atom stereocenters. The first-order chi connectivity index (χ1) is 7.72. The fourth-order valence-electron chi connectivity index (χ4n) is 1.37. The van der Waals surface area contributed by atoms with Gasteiger partial charge in [0, 0.05) is 14.5 Å². The topological polar surface area (TPSA) is 52.0 Å². The highest BCUT2D eigenvalue weighted by Gasteiger charge is 2.02. The van der Waals surface area contributed by atoms with Gasteiger partial charge in [-0.05, 0) is 12.5 Å². The Morgan fingerprint density at radius 3 is 3.06 bits per heavy atom. The quantitative estimate of drug-likeness (QED) is 0.682. The van der Waals surface area contributed by atoms with Crippen LogP contribution in [0.2, 0.25) is 0 Å². The normalized spacial score (nSPS) is 11.2. The molecule has 0 fully saturated rings. The Morgan fingerprint density at radius 2 is 2.38 bits per heavy atom. The zero-order valence-corrected chi connectivity index (χ0v) is 10.4. The van der Waals surface area contributed by atoms with Gasteiger partial charge in [0.25, 0.3) is 0 Å². The number of ether oxygens (including phenoxy) is 1. The molecule has 0 aromatic carbocycles. The molecule has 0 unspecified atom stereocenters. The molecule has 0 saturated heterocycles. The van der Waals surface area contributed by atoms with Crippen LogP contribution in [0.4, 0.5) is 0 Å². The Bertz CT molecular complexity index is 291. The molecule has 5 nitrogen and oxygen atoms in total. The van der Waals surface area contributed by atoms with Gasteiger partial charge in [0.15, 0.2) is 0 Å². The highest BCUT2D eigenvalue weighted by Crippen LogP contribution is 2.00. The van der Waals surface area contributed by atoms with E-state index in [0.29, 0.717) is 19.1 Å². The summed E-state index contributed by atoms with van der Waals surface area (Å²) < 4.78 is 7.33. The lowest BCUT2D eigenvalue weighted by Crippen LogP contribution is -2.18. The summed E-state index contributed by atoms with van der Waals surface area (Å²) in [6.07, 6.45) is 1.95. The van der Waals surface area contributed by atoms with Gasteiger partial charge in [0.05, 0.1) is 19.4 Å². The zero-order valence-electron chi connectivity index (χ0n) is 10.4. The molecule has 0 aliphatic heterocycles. The second-order valence-electron chi connectivity index (χ2n) is 4.23. The standard InChI is InChI=1S/C11H22N4O.H2/c1-4-12-5-6-16-9-11-8-15(14-13-11)7-10(2)3;/h8,10,12H,4-7,9H2,1-3H3;1H. The maximum absolute atomic E-state index is 5.46. The van der Waals surface area contributed by atoms with Crippen molar-refractivity contribution in [3.63, 3.8) is 0 Å². The van der Waals surface area contributed by atoms with Gasteiger partial charge in [-0.2, -0.15) is 0 Å². The van der Waals surface area contributed by atoms with E-state index >= 15 is 0 Å². The minimum atomic E-state index is 0. The summed E-state index contributed by atoms with van der Waals surface area (Å²) >= 11 is 0. The Labute approximate surface area is 98.7 Å². The number of nitrogens with zero attached hydrogens (tertiary/aromatic N) is 3. The monoisotopic (exact) mass is 228 g/mol. The van der Waals surface area contributed by atoms with Crippen LogP contribution >= 0.6 is 0 Å². The Morgan fingerprint density at radius 1 is 1.56 bits per heavy atom. The lowest BCUT2D eigenvalue weighted by Gasteiger charge is -2.03. The molecule has 0 bridgehead atoms. The third-order valence-corrected chi connectivity index (χ3v) is 2.06. The molecule has 1 rings (SSSR count). The molecule has 5 heteroatoms. The van der Waals surface area contributed by atoms with Gasteiger partial charge in [-0.15, -0.1) is 5.10 Å². The molecule has 1 N–H and O–H groups in total. The van der Waals surface area contributed by atoms with E-state index in [1.54, 1.807) is 0 Å². The highest BCUT2D eigenvalue weighted by molar-refractivity contribution is 4.89. The van der Waals surface area contributed by atoms with Gasteiger partial charge in [-0.3, -0.25) is 4.68 Å². The fourth-order valence-corrected chi connectivity index (χ4v) is 1.37. The number of nitrogens with one attached hydrogen (secondary N) is 1. The third kappa shape index (κ3) is 5.23. The second kappa shape index (κ2) is 7.35. The summed E-state index contributed by atoms with van der Waals surface area (Å²) in [6, 6.07) is 0. The molecule has 94 valence electrons. The highest BCUT2D eigenvalue weighted by atomic mass is 16.5. The summed E-state index contributed by atoms with van der Waals surface area (Å²) in [4.78, 5) is 0. The molecule has 1 aromatic heterocycles. The lowest BCUT2D eigenvalue weighted by molar-refractivity contribution is 0.120. The van der Waals surface area contributed by atoms with E-state index in [9.17, 15) is 0 Å². The van der Waals surface area contributed by atoms with Gasteiger partial charge in [-0.1, -0.05) is 26.0 Å². The van der Waals surface area contributed by atoms with E-state index in [1.165, 1.54) is 0 Å². The number of likely N-dealkylation sites (N-methyl/N-ethyl adjacent to an activating group) is 1. The number of rotatable bonds is 8. The van der Waals surface area contributed by atoms with Crippen molar-refractivity contribution in [3.8, 4) is 0 Å². The van der Waals surface area contributed by atoms with Crippen LogP contribution in [0.3, 0.4) is 0 Å². The van der Waals surface area contributed by atoms with Gasteiger partial charge in [-0.25, -0.2) is 0 Å². The van der Waals surface area contributed by atoms with Crippen LogP contribution in [0, 0.1) is 5.92 Å². The van der Waals surface area contributed by atoms with Crippen molar-refractivity contribution in [1.29, 1.82) is 0 Å². The smallest absolute Gasteiger partial charge is 0.108 e. The van der Waals surface area contributed by atoms with Crippen LogP contribution in [0.5, 0.6) is 0 Å². The van der Waals surface area contributed by atoms with Crippen molar-refractivity contribution in [2.75, 3.05) is 19.7 Å². The summed E-state index contributed by atoms with van der Waals surface area (Å²) in [5, 5.41) is 11.3. The van der Waals surface area contributed by atoms with Crippen LogP contribution in [0.25, 0.3) is 0 Å². The van der Waals surface area contributed by atoms with E-state index in [1.807, 2.05) is 10.9 Å². The van der Waals surface area contributed by atoms with Gasteiger partial charge in [0.2, 0.25) is 0 Å². The van der Waals surface area contributed by atoms with E-state index in [0.717, 1.165) is 25.3 Å². The molecule has 0 aliphatic carbocycles. The fraction of sp³-hybridized carbons (Fsp3) is 0.818. The molecule has 0 aliphatic rings. The predicted molar refractivity (Wildman–Crippen MR) is 65.2 cm³/mol. The predicted octanol–water partition coefficient (Wildman–Crippen LogP) is 1.31. The third-order valence-electron chi connectivity index (χ3n) is 2.06. The van der Waals surface area contributed by atoms with E-state index in [-0.39, 0.29) is 1.43 Å². The molecule has 1 aromatic rings. The van der Waals surface area contributed by atoms with Crippen molar-refractivity contribution in [2.24, 2.45) is 5.92 Å². The molecule has 0 spiro atoms. The zero-order chi connectivity index (χ0) is 11.8. The summed E-state index contributed by atoms with van der Waals surface area (Å²) in [5.41, 5.74) is 0.900. The van der Waals surface area contributed by atoms with Crippen molar-refractivity contribution < 1.29 is 6.16 Å². The van der Waals surface area contributed by atoms with Crippen LogP contribution in [-0.2, 0) is 17.9 Å². The van der Waals surface area contributed by atoms with Gasteiger partial charge < -0.3 is 10.1 Å². The van der Waals surface area contributed by atoms with Crippen molar-refractivity contribution in [3.05, 3.63) is 11.9 Å². The molecule has 16 heavy (non-hydrogen) atoms. The van der Waals surface area contributed by atoms with Crippen molar-refractivity contribution in [2.45, 2.75) is 33.9 Å². The number of hydrogen-bond donors (Lipinski definition) is 1. The van der Waals surface area contributed by atoms with Crippen LogP contribution < -0.4 is 5.32 Å². The van der Waals surface area contributed by atoms with Crippen LogP contribution in [0.15, 0.2) is 6.20 Å². The average Bonchev–Trinajstić information content (AvgIpc) is 2.64. The van der Waals surface area contributed by atoms with Crippen molar-refractivity contribution >= 4 is 0 Å². The van der Waals surface area contributed by atoms with Crippen molar-refractivity contribution in [1.82, 2.24) is 20.3 Å². The number of aromatic nitrogens is 3. The van der Waals surface area contributed by atoms with Gasteiger partial charge in [0.1, 0.15) is 5.69 Å². The Hall–Kier alpha value is -0.940. The summed E-state index contributed by atoms with van der Waals surface area (Å²) in [6.45, 7) is 10.4. The Kier molecular flexibility index (Phi) is 6.03. The molecule has 0 radical (unpaired) electrons. The van der Waals surface area contributed by atoms with Gasteiger partial charge >= 0.3 is 0 Å². The van der Waals surface area contributed by atoms with E-state index < -0.39 is 0 Å².